The Morgan fingerprint density at radius 1 is 1.24 bits per heavy atom. The lowest BCUT2D eigenvalue weighted by atomic mass is 9.86. The van der Waals surface area contributed by atoms with Gasteiger partial charge in [0.1, 0.15) is 23.3 Å². The number of hydrogen-bond acceptors (Lipinski definition) is 5. The van der Waals surface area contributed by atoms with Crippen LogP contribution in [-0.2, 0) is 12.8 Å². The summed E-state index contributed by atoms with van der Waals surface area (Å²) in [5.74, 6) is 1.07. The monoisotopic (exact) mass is 330 g/mol. The van der Waals surface area contributed by atoms with Gasteiger partial charge in [-0.1, -0.05) is 6.07 Å². The molecule has 0 saturated heterocycles. The third-order valence-corrected chi connectivity index (χ3v) is 4.64. The van der Waals surface area contributed by atoms with Gasteiger partial charge in [-0.3, -0.25) is 0 Å². The Balaban J connectivity index is 2.00. The molecule has 1 aliphatic rings. The van der Waals surface area contributed by atoms with Gasteiger partial charge in [0.25, 0.3) is 0 Å². The number of nitrogen functional groups attached to an aromatic ring is 1. The van der Waals surface area contributed by atoms with Crippen molar-refractivity contribution in [2.24, 2.45) is 5.73 Å². The van der Waals surface area contributed by atoms with Crippen molar-refractivity contribution in [1.82, 2.24) is 14.5 Å². The van der Waals surface area contributed by atoms with Crippen molar-refractivity contribution in [3.05, 3.63) is 59.5 Å². The van der Waals surface area contributed by atoms with Gasteiger partial charge in [-0.2, -0.15) is 5.26 Å². The minimum Gasteiger partial charge on any atom is -0.383 e. The standard InChI is InChI=1S/C19H18N6/c20-11-14-18(13-10-12(21)6-7-15(13)24-19(14)22)16-4-3-9-25(16)17-5-1-2-8-23-17/h1-5,8-9,12H,6-7,10,21H2,(H2,22,24)/t12-/m0/s1. The van der Waals surface area contributed by atoms with Crippen molar-refractivity contribution in [2.75, 3.05) is 5.73 Å². The molecule has 6 nitrogen and oxygen atoms in total. The van der Waals surface area contributed by atoms with E-state index in [1.807, 2.05) is 41.1 Å². The Bertz CT molecular complexity index is 968. The fourth-order valence-corrected chi connectivity index (χ4v) is 3.48. The van der Waals surface area contributed by atoms with Crippen LogP contribution in [0.3, 0.4) is 0 Å². The summed E-state index contributed by atoms with van der Waals surface area (Å²) in [7, 11) is 0. The molecule has 25 heavy (non-hydrogen) atoms. The highest BCUT2D eigenvalue weighted by molar-refractivity contribution is 5.78. The average molecular weight is 330 g/mol. The molecule has 1 aliphatic carbocycles. The topological polar surface area (TPSA) is 107 Å². The van der Waals surface area contributed by atoms with Crippen LogP contribution in [0.2, 0.25) is 0 Å². The predicted octanol–water partition coefficient (Wildman–Crippen LogP) is 2.20. The van der Waals surface area contributed by atoms with Crippen LogP contribution >= 0.6 is 0 Å². The lowest BCUT2D eigenvalue weighted by Gasteiger charge is -2.25. The molecule has 4 rings (SSSR count). The minimum absolute atomic E-state index is 0.0708. The molecule has 0 aromatic carbocycles. The van der Waals surface area contributed by atoms with E-state index in [4.69, 9.17) is 11.5 Å². The Hall–Kier alpha value is -3.17. The quantitative estimate of drug-likeness (QED) is 0.749. The lowest BCUT2D eigenvalue weighted by molar-refractivity contribution is 0.568. The second kappa shape index (κ2) is 6.04. The molecule has 124 valence electrons. The molecule has 6 heteroatoms. The van der Waals surface area contributed by atoms with E-state index < -0.39 is 0 Å². The number of aryl methyl sites for hydroxylation is 1. The van der Waals surface area contributed by atoms with Gasteiger partial charge in [0.05, 0.1) is 5.69 Å². The number of rotatable bonds is 2. The van der Waals surface area contributed by atoms with Crippen molar-refractivity contribution >= 4 is 5.82 Å². The number of aromatic nitrogens is 3. The maximum atomic E-state index is 9.70. The van der Waals surface area contributed by atoms with Crippen LogP contribution < -0.4 is 11.5 Å². The van der Waals surface area contributed by atoms with Gasteiger partial charge in [-0.15, -0.1) is 0 Å². The molecule has 1 atom stereocenters. The van der Waals surface area contributed by atoms with Gasteiger partial charge in [-0.05, 0) is 49.1 Å². The zero-order chi connectivity index (χ0) is 17.4. The molecule has 0 fully saturated rings. The Labute approximate surface area is 145 Å². The molecule has 0 unspecified atom stereocenters. The summed E-state index contributed by atoms with van der Waals surface area (Å²) in [4.78, 5) is 8.89. The van der Waals surface area contributed by atoms with Crippen molar-refractivity contribution in [1.29, 1.82) is 5.26 Å². The van der Waals surface area contributed by atoms with E-state index in [-0.39, 0.29) is 11.9 Å². The van der Waals surface area contributed by atoms with E-state index in [1.165, 1.54) is 0 Å². The highest BCUT2D eigenvalue weighted by Crippen LogP contribution is 2.36. The largest absolute Gasteiger partial charge is 0.383 e. The number of pyridine rings is 2. The highest BCUT2D eigenvalue weighted by atomic mass is 15.1. The van der Waals surface area contributed by atoms with Crippen LogP contribution in [0.15, 0.2) is 42.7 Å². The van der Waals surface area contributed by atoms with E-state index in [1.54, 1.807) is 6.20 Å². The second-order valence-corrected chi connectivity index (χ2v) is 6.24. The zero-order valence-electron chi connectivity index (χ0n) is 13.7. The summed E-state index contributed by atoms with van der Waals surface area (Å²) in [5, 5.41) is 9.70. The average Bonchev–Trinajstić information content (AvgIpc) is 3.11. The number of hydrogen-bond donors (Lipinski definition) is 2. The maximum absolute atomic E-state index is 9.70. The first-order chi connectivity index (χ1) is 12.2. The first-order valence-electron chi connectivity index (χ1n) is 8.25. The molecule has 3 aromatic rings. The number of fused-ring (bicyclic) bond motifs is 1. The van der Waals surface area contributed by atoms with Crippen LogP contribution in [0.5, 0.6) is 0 Å². The van der Waals surface area contributed by atoms with Gasteiger partial charge < -0.3 is 16.0 Å². The number of nitrogens with two attached hydrogens (primary N) is 2. The van der Waals surface area contributed by atoms with E-state index in [2.05, 4.69) is 16.0 Å². The van der Waals surface area contributed by atoms with Crippen LogP contribution in [0.25, 0.3) is 17.1 Å². The van der Waals surface area contributed by atoms with Crippen LogP contribution in [0, 0.1) is 11.3 Å². The van der Waals surface area contributed by atoms with Crippen LogP contribution in [0.4, 0.5) is 5.82 Å². The third kappa shape index (κ3) is 2.55. The minimum atomic E-state index is 0.0708. The SMILES string of the molecule is N#Cc1c(N)nc2c(c1-c1cccn1-c1ccccn1)C[C@@H](N)CC2. The van der Waals surface area contributed by atoms with Gasteiger partial charge in [0.2, 0.25) is 0 Å². The summed E-state index contributed by atoms with van der Waals surface area (Å²) >= 11 is 0. The maximum Gasteiger partial charge on any atom is 0.142 e. The Morgan fingerprint density at radius 3 is 2.88 bits per heavy atom. The molecule has 4 N–H and O–H groups in total. The first kappa shape index (κ1) is 15.4. The first-order valence-corrected chi connectivity index (χ1v) is 8.25. The number of anilines is 1. The van der Waals surface area contributed by atoms with Crippen molar-refractivity contribution < 1.29 is 0 Å². The highest BCUT2D eigenvalue weighted by Gasteiger charge is 2.26. The van der Waals surface area contributed by atoms with Crippen LogP contribution in [0.1, 0.15) is 23.2 Å². The van der Waals surface area contributed by atoms with Crippen LogP contribution in [-0.4, -0.2) is 20.6 Å². The zero-order valence-corrected chi connectivity index (χ0v) is 13.7. The van der Waals surface area contributed by atoms with E-state index >= 15 is 0 Å². The summed E-state index contributed by atoms with van der Waals surface area (Å²) in [6.45, 7) is 0. The fourth-order valence-electron chi connectivity index (χ4n) is 3.48. The van der Waals surface area contributed by atoms with Gasteiger partial charge in [0.15, 0.2) is 0 Å². The van der Waals surface area contributed by atoms with E-state index in [0.717, 1.165) is 41.2 Å². The summed E-state index contributed by atoms with van der Waals surface area (Å²) in [6, 6.07) is 12.0. The molecule has 0 bridgehead atoms. The summed E-state index contributed by atoms with van der Waals surface area (Å²) in [6.07, 6.45) is 6.04. The Morgan fingerprint density at radius 2 is 2.12 bits per heavy atom. The Kier molecular flexibility index (Phi) is 3.71. The third-order valence-electron chi connectivity index (χ3n) is 4.64. The van der Waals surface area contributed by atoms with E-state index in [0.29, 0.717) is 12.0 Å². The molecule has 0 amide bonds. The molecule has 3 heterocycles. The summed E-state index contributed by atoms with van der Waals surface area (Å²) < 4.78 is 1.97. The molecule has 3 aromatic heterocycles. The van der Waals surface area contributed by atoms with E-state index in [9.17, 15) is 5.26 Å². The summed E-state index contributed by atoms with van der Waals surface area (Å²) in [5.41, 5.74) is 16.4. The van der Waals surface area contributed by atoms with Gasteiger partial charge >= 0.3 is 0 Å². The number of nitrogens with zero attached hydrogens (tertiary/aromatic N) is 4. The van der Waals surface area contributed by atoms with Gasteiger partial charge in [0, 0.05) is 29.7 Å². The molecule has 0 aliphatic heterocycles. The smallest absolute Gasteiger partial charge is 0.142 e. The molecule has 0 saturated carbocycles. The fraction of sp³-hybridized carbons (Fsp3) is 0.211. The molecule has 0 spiro atoms. The molecular formula is C19H18N6. The second-order valence-electron chi connectivity index (χ2n) is 6.24. The van der Waals surface area contributed by atoms with Crippen molar-refractivity contribution in [2.45, 2.75) is 25.3 Å². The predicted molar refractivity (Wildman–Crippen MR) is 95.9 cm³/mol. The van der Waals surface area contributed by atoms with Crippen molar-refractivity contribution in [3.63, 3.8) is 0 Å². The van der Waals surface area contributed by atoms with Gasteiger partial charge in [-0.25, -0.2) is 9.97 Å². The molecule has 0 radical (unpaired) electrons. The lowest BCUT2D eigenvalue weighted by Crippen LogP contribution is -2.29. The molecular weight excluding hydrogens is 312 g/mol. The number of nitriles is 1. The normalized spacial score (nSPS) is 16.2. The van der Waals surface area contributed by atoms with Crippen molar-refractivity contribution in [3.8, 4) is 23.1 Å².